The zero-order valence-corrected chi connectivity index (χ0v) is 55.2. The number of rotatable bonds is 62. The topological polar surface area (TPSA) is 72.8 Å². The molecule has 0 amide bonds. The molecule has 86 heavy (non-hydrogen) atoms. The maximum Gasteiger partial charge on any atom is 0.306 e. The number of hydrogen-bond donors (Lipinski definition) is 1. The molecule has 1 unspecified atom stereocenters. The van der Waals surface area contributed by atoms with Crippen molar-refractivity contribution in [2.24, 2.45) is 0 Å². The molecule has 0 aliphatic heterocycles. The first-order valence-corrected chi connectivity index (χ1v) is 35.0. The van der Waals surface area contributed by atoms with E-state index in [2.05, 4.69) is 208 Å². The van der Waals surface area contributed by atoms with E-state index in [0.29, 0.717) is 12.8 Å². The van der Waals surface area contributed by atoms with Crippen LogP contribution in [-0.4, -0.2) is 36.4 Å². The molecule has 0 aliphatic rings. The normalized spacial score (nSPS) is 13.5. The molecule has 0 aromatic rings. The van der Waals surface area contributed by atoms with Crippen LogP contribution in [0.15, 0.2) is 194 Å². The van der Waals surface area contributed by atoms with Gasteiger partial charge in [-0.2, -0.15) is 0 Å². The van der Waals surface area contributed by atoms with E-state index in [4.69, 9.17) is 9.47 Å². The van der Waals surface area contributed by atoms with E-state index in [0.717, 1.165) is 141 Å². The van der Waals surface area contributed by atoms with E-state index in [-0.39, 0.29) is 25.2 Å². The van der Waals surface area contributed by atoms with Gasteiger partial charge in [0, 0.05) is 12.8 Å². The van der Waals surface area contributed by atoms with E-state index in [1.165, 1.54) is 116 Å². The molecule has 0 radical (unpaired) electrons. The van der Waals surface area contributed by atoms with Crippen LogP contribution >= 0.6 is 0 Å². The minimum atomic E-state index is -0.790. The van der Waals surface area contributed by atoms with Crippen molar-refractivity contribution < 1.29 is 24.2 Å². The van der Waals surface area contributed by atoms with Gasteiger partial charge >= 0.3 is 11.9 Å². The molecule has 0 aromatic carbocycles. The van der Waals surface area contributed by atoms with Crippen molar-refractivity contribution in [1.29, 1.82) is 0 Å². The van der Waals surface area contributed by atoms with Crippen molar-refractivity contribution in [2.75, 3.05) is 13.2 Å². The van der Waals surface area contributed by atoms with E-state index >= 15 is 0 Å². The third-order valence-corrected chi connectivity index (χ3v) is 14.4. The molecule has 0 rings (SSSR count). The number of carbonyl (C=O) groups excluding carboxylic acids is 2. The van der Waals surface area contributed by atoms with Crippen LogP contribution in [0, 0.1) is 0 Å². The van der Waals surface area contributed by atoms with E-state index in [9.17, 15) is 14.7 Å². The minimum absolute atomic E-state index is 0.0789. The fourth-order valence-electron chi connectivity index (χ4n) is 9.24. The summed E-state index contributed by atoms with van der Waals surface area (Å²) in [7, 11) is 0. The van der Waals surface area contributed by atoms with Crippen LogP contribution in [0.2, 0.25) is 0 Å². The summed E-state index contributed by atoms with van der Waals surface area (Å²) >= 11 is 0. The van der Waals surface area contributed by atoms with Crippen molar-refractivity contribution in [3.63, 3.8) is 0 Å². The van der Waals surface area contributed by atoms with Crippen molar-refractivity contribution in [2.45, 2.75) is 290 Å². The Labute approximate surface area is 530 Å². The highest BCUT2D eigenvalue weighted by Crippen LogP contribution is 2.16. The highest BCUT2D eigenvalue weighted by Gasteiger charge is 2.16. The standard InChI is InChI=1S/C81H128O5/c1-3-5-7-9-11-13-15-17-19-21-23-25-27-29-31-33-35-37-38-39-40-41-42-44-46-48-50-52-54-56-58-60-62-64-66-68-70-72-74-76-81(84)86-79(77-82)78-85-80(83)75-73-71-69-67-65-63-61-59-57-55-53-51-49-47-45-43-36-34-32-30-28-26-24-22-20-18-16-14-12-10-8-6-4-2/h5-8,11-14,17-20,23-26,29-32,35-37,39-40,42-44,47-50,79,82H,3-4,9-10,15-16,21-22,27-28,33-34,38,41,45-46,51-78H2,1-2H3/b7-5-,8-6-,13-11-,14-12-,19-17-,20-18-,25-23-,26-24-,31-29-,32-30-,37-35-,40-39-,43-36-,44-42-,49-47-,50-48-. The number of esters is 2. The fourth-order valence-corrected chi connectivity index (χ4v) is 9.24. The number of allylic oxidation sites excluding steroid dienone is 32. The van der Waals surface area contributed by atoms with Crippen LogP contribution < -0.4 is 0 Å². The van der Waals surface area contributed by atoms with Gasteiger partial charge in [0.05, 0.1) is 6.61 Å². The second-order valence-electron chi connectivity index (χ2n) is 22.5. The van der Waals surface area contributed by atoms with Crippen molar-refractivity contribution >= 4 is 11.9 Å². The molecule has 1 N–H and O–H groups in total. The molecule has 0 spiro atoms. The van der Waals surface area contributed by atoms with Gasteiger partial charge in [-0.3, -0.25) is 9.59 Å². The summed E-state index contributed by atoms with van der Waals surface area (Å²) in [5, 5.41) is 9.71. The predicted octanol–water partition coefficient (Wildman–Crippen LogP) is 24.8. The molecular weight excluding hydrogens is 1050 g/mol. The molecule has 0 heterocycles. The molecule has 0 fully saturated rings. The summed E-state index contributed by atoms with van der Waals surface area (Å²) in [6.45, 7) is 3.91. The van der Waals surface area contributed by atoms with Crippen LogP contribution in [0.5, 0.6) is 0 Å². The first-order valence-electron chi connectivity index (χ1n) is 35.0. The number of unbranched alkanes of at least 4 members (excludes halogenated alkanes) is 22. The zero-order valence-electron chi connectivity index (χ0n) is 55.2. The average molecular weight is 1180 g/mol. The van der Waals surface area contributed by atoms with Crippen LogP contribution in [0.3, 0.4) is 0 Å². The number of ether oxygens (including phenoxy) is 2. The molecule has 0 aromatic heterocycles. The van der Waals surface area contributed by atoms with Crippen LogP contribution in [0.4, 0.5) is 0 Å². The number of carbonyl (C=O) groups is 2. The Morgan fingerprint density at radius 3 is 0.698 bits per heavy atom. The van der Waals surface area contributed by atoms with Gasteiger partial charge in [0.15, 0.2) is 6.10 Å². The largest absolute Gasteiger partial charge is 0.462 e. The Morgan fingerprint density at radius 1 is 0.267 bits per heavy atom. The van der Waals surface area contributed by atoms with E-state index in [1.54, 1.807) is 0 Å². The zero-order chi connectivity index (χ0) is 61.9. The fraction of sp³-hybridized carbons (Fsp3) is 0.580. The van der Waals surface area contributed by atoms with Gasteiger partial charge < -0.3 is 14.6 Å². The minimum Gasteiger partial charge on any atom is -0.462 e. The summed E-state index contributed by atoms with van der Waals surface area (Å²) in [4.78, 5) is 24.7. The van der Waals surface area contributed by atoms with Crippen molar-refractivity contribution in [1.82, 2.24) is 0 Å². The lowest BCUT2D eigenvalue weighted by molar-refractivity contribution is -0.161. The molecule has 5 heteroatoms. The maximum absolute atomic E-state index is 12.4. The molecule has 0 saturated heterocycles. The lowest BCUT2D eigenvalue weighted by Gasteiger charge is -2.15. The Morgan fingerprint density at radius 2 is 0.465 bits per heavy atom. The third-order valence-electron chi connectivity index (χ3n) is 14.4. The van der Waals surface area contributed by atoms with E-state index < -0.39 is 6.10 Å². The van der Waals surface area contributed by atoms with Gasteiger partial charge in [0.1, 0.15) is 6.61 Å². The maximum atomic E-state index is 12.4. The van der Waals surface area contributed by atoms with Crippen molar-refractivity contribution in [3.05, 3.63) is 194 Å². The van der Waals surface area contributed by atoms with Gasteiger partial charge in [0.2, 0.25) is 0 Å². The molecule has 0 aliphatic carbocycles. The number of aliphatic hydroxyl groups excluding tert-OH is 1. The number of aliphatic hydroxyl groups is 1. The molecule has 1 atom stereocenters. The third kappa shape index (κ3) is 71.2. The molecule has 0 bridgehead atoms. The average Bonchev–Trinajstić information content (AvgIpc) is 3.55. The Bertz CT molecular complexity index is 1970. The Hall–Kier alpha value is -5.26. The van der Waals surface area contributed by atoms with Crippen LogP contribution in [0.1, 0.15) is 284 Å². The Balaban J connectivity index is 3.57. The second-order valence-corrected chi connectivity index (χ2v) is 22.5. The molecular formula is C81H128O5. The Kier molecular flexibility index (Phi) is 69.5. The van der Waals surface area contributed by atoms with Gasteiger partial charge in [-0.15, -0.1) is 0 Å². The monoisotopic (exact) mass is 1180 g/mol. The first kappa shape index (κ1) is 80.7. The quantitative estimate of drug-likeness (QED) is 0.0373. The highest BCUT2D eigenvalue weighted by molar-refractivity contribution is 5.70. The summed E-state index contributed by atoms with van der Waals surface area (Å²) in [5.41, 5.74) is 0. The molecule has 5 nitrogen and oxygen atoms in total. The second kappa shape index (κ2) is 74.0. The predicted molar refractivity (Wildman–Crippen MR) is 379 cm³/mol. The van der Waals surface area contributed by atoms with Crippen molar-refractivity contribution in [3.8, 4) is 0 Å². The van der Waals surface area contributed by atoms with Crippen LogP contribution in [-0.2, 0) is 19.1 Å². The SMILES string of the molecule is CC/C=C\C/C=C\C/C=C\C/C=C\C/C=C\C/C=C\C/C=C\C/C=C\C/C=C\CCCCCCCCCCCCCC(=O)OC(CO)COC(=O)CCCCCCCCCCCCC/C=C\C/C=C\C/C=C\C/C=C\C/C=C\C/C=C\C/C=C\CC. The van der Waals surface area contributed by atoms with E-state index in [1.807, 2.05) is 0 Å². The summed E-state index contributed by atoms with van der Waals surface area (Å²) in [6.07, 6.45) is 117. The summed E-state index contributed by atoms with van der Waals surface area (Å²) in [5.74, 6) is -0.605. The van der Waals surface area contributed by atoms with Gasteiger partial charge in [-0.1, -0.05) is 324 Å². The van der Waals surface area contributed by atoms with Gasteiger partial charge in [-0.05, 0) is 141 Å². The van der Waals surface area contributed by atoms with Gasteiger partial charge in [-0.25, -0.2) is 0 Å². The van der Waals surface area contributed by atoms with Crippen LogP contribution in [0.25, 0.3) is 0 Å². The smallest absolute Gasteiger partial charge is 0.306 e. The molecule has 0 saturated carbocycles. The first-order chi connectivity index (χ1) is 42.6. The van der Waals surface area contributed by atoms with Gasteiger partial charge in [0.25, 0.3) is 0 Å². The lowest BCUT2D eigenvalue weighted by Crippen LogP contribution is -2.28. The lowest BCUT2D eigenvalue weighted by atomic mass is 10.0. The summed E-state index contributed by atoms with van der Waals surface area (Å²) in [6, 6.07) is 0. The molecule has 482 valence electrons. The highest BCUT2D eigenvalue weighted by atomic mass is 16.6. The summed E-state index contributed by atoms with van der Waals surface area (Å²) < 4.78 is 10.8. The number of hydrogen-bond acceptors (Lipinski definition) is 5.